The first-order valence-electron chi connectivity index (χ1n) is 5.70. The lowest BCUT2D eigenvalue weighted by atomic mass is 9.90. The summed E-state index contributed by atoms with van der Waals surface area (Å²) in [5.41, 5.74) is 5.94. The predicted molar refractivity (Wildman–Crippen MR) is 64.0 cm³/mol. The van der Waals surface area contributed by atoms with E-state index in [0.717, 1.165) is 6.42 Å². The fraction of sp³-hybridized carbons (Fsp3) is 0.571. The first kappa shape index (κ1) is 11.3. The summed E-state index contributed by atoms with van der Waals surface area (Å²) >= 11 is 0. The van der Waals surface area contributed by atoms with E-state index in [4.69, 9.17) is 0 Å². The minimum Gasteiger partial charge on any atom is -0.0648 e. The summed E-state index contributed by atoms with van der Waals surface area (Å²) in [6.45, 7) is 11.3. The van der Waals surface area contributed by atoms with Crippen molar-refractivity contribution in [2.24, 2.45) is 0 Å². The van der Waals surface area contributed by atoms with Gasteiger partial charge in [0.2, 0.25) is 0 Å². The molecule has 0 fully saturated rings. The van der Waals surface area contributed by atoms with Crippen LogP contribution in [-0.4, -0.2) is 0 Å². The topological polar surface area (TPSA) is 0 Å². The largest absolute Gasteiger partial charge is 0.0648 e. The van der Waals surface area contributed by atoms with Gasteiger partial charge in [-0.1, -0.05) is 32.9 Å². The van der Waals surface area contributed by atoms with Crippen LogP contribution in [-0.2, 0) is 6.42 Å². The lowest BCUT2D eigenvalue weighted by Gasteiger charge is -2.16. The molecule has 1 aromatic rings. The molecule has 0 saturated heterocycles. The second-order valence-corrected chi connectivity index (χ2v) is 4.30. The average molecular weight is 190 g/mol. The molecular formula is C14H22. The molecule has 0 aliphatic heterocycles. The van der Waals surface area contributed by atoms with Crippen LogP contribution in [0.3, 0.4) is 0 Å². The molecule has 14 heavy (non-hydrogen) atoms. The maximum absolute atomic E-state index is 2.40. The molecule has 0 bridgehead atoms. The lowest BCUT2D eigenvalue weighted by molar-refractivity contribution is 0.726. The maximum Gasteiger partial charge on any atom is -0.0190 e. The van der Waals surface area contributed by atoms with Crippen molar-refractivity contribution in [1.29, 1.82) is 0 Å². The predicted octanol–water partition coefficient (Wildman–Crippen LogP) is 4.38. The normalized spacial score (nSPS) is 12.9. The first-order chi connectivity index (χ1) is 6.60. The third-order valence-corrected chi connectivity index (χ3v) is 3.25. The van der Waals surface area contributed by atoms with Gasteiger partial charge in [-0.05, 0) is 54.9 Å². The molecule has 0 heterocycles. The van der Waals surface area contributed by atoms with Crippen LogP contribution in [0.4, 0.5) is 0 Å². The molecule has 1 atom stereocenters. The van der Waals surface area contributed by atoms with Crippen molar-refractivity contribution in [3.05, 3.63) is 34.4 Å². The van der Waals surface area contributed by atoms with Gasteiger partial charge in [-0.15, -0.1) is 0 Å². The lowest BCUT2D eigenvalue weighted by Crippen LogP contribution is -1.99. The number of aryl methyl sites for hydroxylation is 3. The molecule has 0 saturated carbocycles. The van der Waals surface area contributed by atoms with Gasteiger partial charge in [-0.2, -0.15) is 0 Å². The van der Waals surface area contributed by atoms with Crippen molar-refractivity contribution in [2.45, 2.75) is 53.4 Å². The highest BCUT2D eigenvalue weighted by atomic mass is 14.1. The van der Waals surface area contributed by atoms with Crippen LogP contribution in [0.1, 0.15) is 55.4 Å². The summed E-state index contributed by atoms with van der Waals surface area (Å²) in [5.74, 6) is 0.695. The standard InChI is InChI=1S/C14H22/c1-6-10(3)14-9-13(7-2)11(4)8-12(14)5/h8-10H,6-7H2,1-5H3. The fourth-order valence-electron chi connectivity index (χ4n) is 2.05. The zero-order chi connectivity index (χ0) is 10.7. The summed E-state index contributed by atoms with van der Waals surface area (Å²) in [6, 6.07) is 4.74. The molecule has 1 unspecified atom stereocenters. The highest BCUT2D eigenvalue weighted by Gasteiger charge is 2.08. The molecule has 0 N–H and O–H groups in total. The quantitative estimate of drug-likeness (QED) is 0.663. The number of hydrogen-bond donors (Lipinski definition) is 0. The minimum atomic E-state index is 0.695. The zero-order valence-corrected chi connectivity index (χ0v) is 10.1. The van der Waals surface area contributed by atoms with Crippen LogP contribution in [0.5, 0.6) is 0 Å². The van der Waals surface area contributed by atoms with E-state index in [2.05, 4.69) is 46.8 Å². The molecule has 78 valence electrons. The van der Waals surface area contributed by atoms with Crippen molar-refractivity contribution in [3.8, 4) is 0 Å². The molecule has 0 amide bonds. The molecule has 0 aliphatic carbocycles. The van der Waals surface area contributed by atoms with Crippen molar-refractivity contribution in [1.82, 2.24) is 0 Å². The summed E-state index contributed by atoms with van der Waals surface area (Å²) in [6.07, 6.45) is 2.38. The Kier molecular flexibility index (Phi) is 3.74. The Bertz CT molecular complexity index is 310. The van der Waals surface area contributed by atoms with Crippen molar-refractivity contribution in [3.63, 3.8) is 0 Å². The second kappa shape index (κ2) is 4.63. The average Bonchev–Trinajstić information content (AvgIpc) is 2.17. The molecule has 0 radical (unpaired) electrons. The zero-order valence-electron chi connectivity index (χ0n) is 10.1. The first-order valence-corrected chi connectivity index (χ1v) is 5.70. The maximum atomic E-state index is 2.40. The van der Waals surface area contributed by atoms with E-state index < -0.39 is 0 Å². The van der Waals surface area contributed by atoms with E-state index in [1.807, 2.05) is 0 Å². The molecule has 0 nitrogen and oxygen atoms in total. The van der Waals surface area contributed by atoms with Crippen LogP contribution in [0.2, 0.25) is 0 Å². The Balaban J connectivity index is 3.17. The molecule has 1 rings (SSSR count). The highest BCUT2D eigenvalue weighted by molar-refractivity contribution is 5.38. The van der Waals surface area contributed by atoms with Gasteiger partial charge in [0.15, 0.2) is 0 Å². The van der Waals surface area contributed by atoms with Crippen LogP contribution >= 0.6 is 0 Å². The number of benzene rings is 1. The van der Waals surface area contributed by atoms with Gasteiger partial charge in [0.1, 0.15) is 0 Å². The smallest absolute Gasteiger partial charge is 0.0190 e. The molecule has 0 spiro atoms. The van der Waals surface area contributed by atoms with E-state index in [1.54, 1.807) is 0 Å². The van der Waals surface area contributed by atoms with Crippen molar-refractivity contribution >= 4 is 0 Å². The third kappa shape index (κ3) is 2.17. The monoisotopic (exact) mass is 190 g/mol. The number of rotatable bonds is 3. The molecule has 0 heteroatoms. The fourth-order valence-corrected chi connectivity index (χ4v) is 2.05. The molecule has 0 aliphatic rings. The van der Waals surface area contributed by atoms with Gasteiger partial charge in [0.05, 0.1) is 0 Å². The summed E-state index contributed by atoms with van der Waals surface area (Å²) < 4.78 is 0. The van der Waals surface area contributed by atoms with E-state index in [1.165, 1.54) is 28.7 Å². The summed E-state index contributed by atoms with van der Waals surface area (Å²) in [4.78, 5) is 0. The summed E-state index contributed by atoms with van der Waals surface area (Å²) in [7, 11) is 0. The minimum absolute atomic E-state index is 0.695. The Morgan fingerprint density at radius 1 is 1.07 bits per heavy atom. The van der Waals surface area contributed by atoms with Crippen LogP contribution in [0.15, 0.2) is 12.1 Å². The highest BCUT2D eigenvalue weighted by Crippen LogP contribution is 2.25. The second-order valence-electron chi connectivity index (χ2n) is 4.30. The Hall–Kier alpha value is -0.780. The Labute approximate surface area is 88.4 Å². The van der Waals surface area contributed by atoms with Crippen LogP contribution in [0, 0.1) is 13.8 Å². The molecule has 0 aromatic heterocycles. The van der Waals surface area contributed by atoms with E-state index in [0.29, 0.717) is 5.92 Å². The molecule has 1 aromatic carbocycles. The van der Waals surface area contributed by atoms with Crippen molar-refractivity contribution < 1.29 is 0 Å². The number of hydrogen-bond acceptors (Lipinski definition) is 0. The van der Waals surface area contributed by atoms with Crippen LogP contribution < -0.4 is 0 Å². The third-order valence-electron chi connectivity index (χ3n) is 3.25. The van der Waals surface area contributed by atoms with Gasteiger partial charge < -0.3 is 0 Å². The Morgan fingerprint density at radius 3 is 2.21 bits per heavy atom. The molecular weight excluding hydrogens is 168 g/mol. The Morgan fingerprint density at radius 2 is 1.71 bits per heavy atom. The van der Waals surface area contributed by atoms with Gasteiger partial charge in [0, 0.05) is 0 Å². The van der Waals surface area contributed by atoms with Gasteiger partial charge in [-0.25, -0.2) is 0 Å². The summed E-state index contributed by atoms with van der Waals surface area (Å²) in [5, 5.41) is 0. The van der Waals surface area contributed by atoms with E-state index >= 15 is 0 Å². The SMILES string of the molecule is CCc1cc(C(C)CC)c(C)cc1C. The van der Waals surface area contributed by atoms with Gasteiger partial charge in [-0.3, -0.25) is 0 Å². The van der Waals surface area contributed by atoms with E-state index in [9.17, 15) is 0 Å². The van der Waals surface area contributed by atoms with Gasteiger partial charge >= 0.3 is 0 Å². The van der Waals surface area contributed by atoms with Crippen molar-refractivity contribution in [2.75, 3.05) is 0 Å². The van der Waals surface area contributed by atoms with Crippen LogP contribution in [0.25, 0.3) is 0 Å². The van der Waals surface area contributed by atoms with E-state index in [-0.39, 0.29) is 0 Å². The van der Waals surface area contributed by atoms with Gasteiger partial charge in [0.25, 0.3) is 0 Å².